The van der Waals surface area contributed by atoms with E-state index in [0.29, 0.717) is 25.7 Å². The lowest BCUT2D eigenvalue weighted by Gasteiger charge is -2.21. The highest BCUT2D eigenvalue weighted by Crippen LogP contribution is 2.45. The maximum absolute atomic E-state index is 13.1. The van der Waals surface area contributed by atoms with Crippen LogP contribution in [-0.4, -0.2) is 96.7 Å². The summed E-state index contributed by atoms with van der Waals surface area (Å²) in [4.78, 5) is 72.5. The first kappa shape index (κ1) is 93.1. The molecule has 0 aromatic carbocycles. The van der Waals surface area contributed by atoms with Crippen molar-refractivity contribution in [2.75, 3.05) is 39.6 Å². The van der Waals surface area contributed by atoms with E-state index < -0.39 is 97.5 Å². The fourth-order valence-corrected chi connectivity index (χ4v) is 13.2. The van der Waals surface area contributed by atoms with Crippen LogP contribution in [-0.2, 0) is 65.4 Å². The molecule has 564 valence electrons. The highest BCUT2D eigenvalue weighted by atomic mass is 31.2. The monoisotopic (exact) mass is 1400 g/mol. The van der Waals surface area contributed by atoms with E-state index in [1.54, 1.807) is 0 Å². The molecule has 0 bridgehead atoms. The first-order valence-corrected chi connectivity index (χ1v) is 42.5. The summed E-state index contributed by atoms with van der Waals surface area (Å²) in [5, 5.41) is 10.6. The number of carbonyl (C=O) groups is 4. The number of aliphatic hydroxyl groups excluding tert-OH is 1. The average molecular weight is 1400 g/mol. The number of phosphoric acid groups is 2. The van der Waals surface area contributed by atoms with Gasteiger partial charge < -0.3 is 33.8 Å². The lowest BCUT2D eigenvalue weighted by Crippen LogP contribution is -2.30. The van der Waals surface area contributed by atoms with Gasteiger partial charge in [0.25, 0.3) is 0 Å². The second-order valence-electron chi connectivity index (χ2n) is 28.3. The number of phosphoric ester groups is 2. The molecule has 2 unspecified atom stereocenters. The highest BCUT2D eigenvalue weighted by Gasteiger charge is 2.30. The Balaban J connectivity index is 5.12. The van der Waals surface area contributed by atoms with Crippen molar-refractivity contribution in [3.8, 4) is 0 Å². The second-order valence-corrected chi connectivity index (χ2v) is 31.3. The molecule has 0 spiro atoms. The third-order valence-corrected chi connectivity index (χ3v) is 19.6. The van der Waals surface area contributed by atoms with Gasteiger partial charge in [-0.15, -0.1) is 0 Å². The molecule has 17 nitrogen and oxygen atoms in total. The zero-order valence-corrected chi connectivity index (χ0v) is 63.8. The molecule has 0 aliphatic rings. The van der Waals surface area contributed by atoms with Crippen LogP contribution in [0.5, 0.6) is 0 Å². The molecule has 0 saturated heterocycles. The molecule has 19 heteroatoms. The maximum Gasteiger partial charge on any atom is 0.472 e. The summed E-state index contributed by atoms with van der Waals surface area (Å²) in [5.74, 6) is -0.524. The van der Waals surface area contributed by atoms with Gasteiger partial charge in [-0.1, -0.05) is 343 Å². The number of unbranched alkanes of at least 4 members (excludes halogenated alkanes) is 45. The first-order valence-electron chi connectivity index (χ1n) is 39.5. The van der Waals surface area contributed by atoms with E-state index in [1.807, 2.05) is 0 Å². The number of ether oxygens (including phenoxy) is 4. The highest BCUT2D eigenvalue weighted by molar-refractivity contribution is 7.47. The third-order valence-electron chi connectivity index (χ3n) is 17.7. The maximum atomic E-state index is 13.1. The van der Waals surface area contributed by atoms with Crippen LogP contribution in [0.4, 0.5) is 0 Å². The van der Waals surface area contributed by atoms with Crippen LogP contribution in [0.25, 0.3) is 0 Å². The Morgan fingerprint density at radius 3 is 0.716 bits per heavy atom. The largest absolute Gasteiger partial charge is 0.472 e. The lowest BCUT2D eigenvalue weighted by atomic mass is 10.0. The minimum Gasteiger partial charge on any atom is -0.462 e. The van der Waals surface area contributed by atoms with Gasteiger partial charge in [0.1, 0.15) is 19.3 Å². The van der Waals surface area contributed by atoms with Gasteiger partial charge in [-0.05, 0) is 37.5 Å². The summed E-state index contributed by atoms with van der Waals surface area (Å²) >= 11 is 0. The number of hydrogen-bond acceptors (Lipinski definition) is 15. The molecule has 0 rings (SSSR count). The predicted octanol–water partition coefficient (Wildman–Crippen LogP) is 22.3. The molecule has 0 radical (unpaired) electrons. The molecule has 0 heterocycles. The summed E-state index contributed by atoms with van der Waals surface area (Å²) in [7, 11) is -9.90. The topological polar surface area (TPSA) is 237 Å². The molecule has 0 fully saturated rings. The Hall–Kier alpha value is -1.94. The van der Waals surface area contributed by atoms with Crippen LogP contribution >= 0.6 is 15.6 Å². The molecule has 0 saturated carbocycles. The summed E-state index contributed by atoms with van der Waals surface area (Å²) in [6.07, 6.45) is 55.9. The molecule has 0 aromatic heterocycles. The van der Waals surface area contributed by atoms with E-state index in [2.05, 4.69) is 41.5 Å². The predicted molar refractivity (Wildman–Crippen MR) is 386 cm³/mol. The average Bonchev–Trinajstić information content (AvgIpc) is 1.40. The van der Waals surface area contributed by atoms with Crippen molar-refractivity contribution in [1.82, 2.24) is 0 Å². The number of esters is 4. The van der Waals surface area contributed by atoms with Crippen molar-refractivity contribution in [2.45, 2.75) is 413 Å². The number of hydrogen-bond donors (Lipinski definition) is 3. The molecule has 95 heavy (non-hydrogen) atoms. The normalized spacial score (nSPS) is 14.0. The van der Waals surface area contributed by atoms with Gasteiger partial charge in [-0.3, -0.25) is 37.3 Å². The Kier molecular flexibility index (Phi) is 66.5. The van der Waals surface area contributed by atoms with Crippen molar-refractivity contribution in [2.24, 2.45) is 11.8 Å². The minimum absolute atomic E-state index is 0.107. The van der Waals surface area contributed by atoms with Crippen LogP contribution < -0.4 is 0 Å². The Morgan fingerprint density at radius 2 is 0.484 bits per heavy atom. The Bertz CT molecular complexity index is 1840. The van der Waals surface area contributed by atoms with E-state index in [-0.39, 0.29) is 25.7 Å². The number of rotatable bonds is 75. The van der Waals surface area contributed by atoms with Gasteiger partial charge in [0, 0.05) is 25.7 Å². The summed E-state index contributed by atoms with van der Waals surface area (Å²) < 4.78 is 68.3. The van der Waals surface area contributed by atoms with Crippen molar-refractivity contribution in [1.29, 1.82) is 0 Å². The molecular formula is C76H148O17P2. The Labute approximate surface area is 581 Å². The van der Waals surface area contributed by atoms with Crippen molar-refractivity contribution in [3.05, 3.63) is 0 Å². The van der Waals surface area contributed by atoms with Crippen LogP contribution in [0.3, 0.4) is 0 Å². The zero-order valence-electron chi connectivity index (χ0n) is 62.0. The quantitative estimate of drug-likeness (QED) is 0.0222. The number of aliphatic hydroxyl groups is 1. The Morgan fingerprint density at radius 1 is 0.284 bits per heavy atom. The molecule has 0 aliphatic carbocycles. The second kappa shape index (κ2) is 67.9. The van der Waals surface area contributed by atoms with E-state index in [9.17, 15) is 43.2 Å². The van der Waals surface area contributed by atoms with Gasteiger partial charge in [0.05, 0.1) is 26.4 Å². The van der Waals surface area contributed by atoms with Gasteiger partial charge in [-0.25, -0.2) is 9.13 Å². The van der Waals surface area contributed by atoms with E-state index in [0.717, 1.165) is 108 Å². The molecular weight excluding hydrogens is 1250 g/mol. The van der Waals surface area contributed by atoms with Crippen LogP contribution in [0.15, 0.2) is 0 Å². The van der Waals surface area contributed by atoms with Crippen molar-refractivity contribution in [3.63, 3.8) is 0 Å². The van der Waals surface area contributed by atoms with Crippen LogP contribution in [0.1, 0.15) is 395 Å². The fourth-order valence-electron chi connectivity index (χ4n) is 11.7. The smallest absolute Gasteiger partial charge is 0.462 e. The number of carbonyl (C=O) groups excluding carboxylic acids is 4. The van der Waals surface area contributed by atoms with E-state index in [1.165, 1.54) is 205 Å². The standard InChI is InChI=1S/C76H148O17P2/c1-7-9-11-13-14-15-16-17-25-32-37-42-48-54-60-75(80)92-71(64-86-73(78)58-52-44-12-10-8-2)66-90-94(82,83)88-62-70(77)63-89-95(84,85)91-67-72(65-87-74(79)59-53-47-41-36-31-28-27-30-35-40-46-51-57-69(5)6)93-76(81)61-55-49-43-38-33-26-23-21-19-18-20-22-24-29-34-39-45-50-56-68(3)4/h68-72,77H,7-67H2,1-6H3,(H,82,83)(H,84,85)/t70-,71+,72+/m0/s1. The molecule has 5 atom stereocenters. The minimum atomic E-state index is -4.96. The zero-order chi connectivity index (χ0) is 70.0. The van der Waals surface area contributed by atoms with Gasteiger partial charge in [-0.2, -0.15) is 0 Å². The lowest BCUT2D eigenvalue weighted by molar-refractivity contribution is -0.161. The summed E-state index contributed by atoms with van der Waals surface area (Å²) in [6.45, 7) is 9.56. The van der Waals surface area contributed by atoms with Gasteiger partial charge >= 0.3 is 39.5 Å². The first-order chi connectivity index (χ1) is 45.9. The molecule has 0 aliphatic heterocycles. The molecule has 0 aromatic rings. The molecule has 0 amide bonds. The molecule has 3 N–H and O–H groups in total. The fraction of sp³-hybridized carbons (Fsp3) is 0.947. The van der Waals surface area contributed by atoms with Gasteiger partial charge in [0.2, 0.25) is 0 Å². The van der Waals surface area contributed by atoms with E-state index in [4.69, 9.17) is 37.0 Å². The van der Waals surface area contributed by atoms with Crippen molar-refractivity contribution >= 4 is 39.5 Å². The van der Waals surface area contributed by atoms with E-state index >= 15 is 0 Å². The SMILES string of the molecule is CCCCCCCCCCCCCCCCC(=O)O[C@H](COC(=O)CCCCCCC)COP(=O)(O)OC[C@H](O)COP(=O)(O)OC[C@@H](COC(=O)CCCCCCCCCCCCCCC(C)C)OC(=O)CCCCCCCCCCCCCCCCCCCCC(C)C. The van der Waals surface area contributed by atoms with Crippen molar-refractivity contribution < 1.29 is 80.2 Å². The van der Waals surface area contributed by atoms with Crippen LogP contribution in [0, 0.1) is 11.8 Å². The summed E-state index contributed by atoms with van der Waals surface area (Å²) in [5.41, 5.74) is 0. The van der Waals surface area contributed by atoms with Crippen LogP contribution in [0.2, 0.25) is 0 Å². The summed E-state index contributed by atoms with van der Waals surface area (Å²) in [6, 6.07) is 0. The third kappa shape index (κ3) is 70.3. The van der Waals surface area contributed by atoms with Gasteiger partial charge in [0.15, 0.2) is 12.2 Å².